The molecule has 1 aromatic carbocycles. The summed E-state index contributed by atoms with van der Waals surface area (Å²) in [6, 6.07) is 7.45. The van der Waals surface area contributed by atoms with Crippen LogP contribution < -0.4 is 0 Å². The number of carbonyl (C=O) groups excluding carboxylic acids is 1. The molecule has 1 rings (SSSR count). The highest BCUT2D eigenvalue weighted by atomic mass is 16.3. The number of benzene rings is 1. The number of Topliss-reactive ketones (excluding diaryl/α,β-unsaturated/α-hetero) is 1. The number of aliphatic hydroxyl groups excluding tert-OH is 1. The molecule has 0 saturated heterocycles. The molecule has 1 N–H and O–H groups in total. The topological polar surface area (TPSA) is 37.3 Å². The number of ketones is 1. The van der Waals surface area contributed by atoms with E-state index < -0.39 is 6.10 Å². The van der Waals surface area contributed by atoms with Crippen molar-refractivity contribution in [2.24, 2.45) is 0 Å². The highest BCUT2D eigenvalue weighted by molar-refractivity contribution is 5.96. The summed E-state index contributed by atoms with van der Waals surface area (Å²) in [4.78, 5) is 11.6. The lowest BCUT2D eigenvalue weighted by Crippen LogP contribution is -1.97. The first kappa shape index (κ1) is 12.7. The third-order valence-corrected chi connectivity index (χ3v) is 2.28. The maximum absolute atomic E-state index is 11.6. The van der Waals surface area contributed by atoms with Gasteiger partial charge in [-0.3, -0.25) is 4.79 Å². The molecule has 0 fully saturated rings. The van der Waals surface area contributed by atoms with Crippen LogP contribution in [0.1, 0.15) is 42.6 Å². The molecular weight excluding hydrogens is 200 g/mol. The Bertz CT molecular complexity index is 361. The van der Waals surface area contributed by atoms with Gasteiger partial charge in [-0.15, -0.1) is 0 Å². The molecule has 1 aromatic rings. The van der Waals surface area contributed by atoms with Gasteiger partial charge < -0.3 is 5.11 Å². The summed E-state index contributed by atoms with van der Waals surface area (Å²) < 4.78 is 0. The van der Waals surface area contributed by atoms with Crippen LogP contribution in [-0.2, 0) is 0 Å². The van der Waals surface area contributed by atoms with Crippen LogP contribution in [0.2, 0.25) is 0 Å². The Morgan fingerprint density at radius 1 is 1.38 bits per heavy atom. The highest BCUT2D eigenvalue weighted by Crippen LogP contribution is 2.09. The predicted octanol–water partition coefficient (Wildman–Crippen LogP) is 3.06. The Balaban J connectivity index is 2.71. The first-order valence-corrected chi connectivity index (χ1v) is 5.63. The molecule has 0 bridgehead atoms. The predicted molar refractivity (Wildman–Crippen MR) is 66.4 cm³/mol. The van der Waals surface area contributed by atoms with E-state index in [4.69, 9.17) is 5.11 Å². The van der Waals surface area contributed by atoms with Gasteiger partial charge in [0.25, 0.3) is 0 Å². The van der Waals surface area contributed by atoms with Crippen LogP contribution in [0, 0.1) is 0 Å². The van der Waals surface area contributed by atoms with E-state index in [-0.39, 0.29) is 5.78 Å². The molecule has 0 heterocycles. The van der Waals surface area contributed by atoms with Gasteiger partial charge in [0, 0.05) is 12.0 Å². The Kier molecular flexibility index (Phi) is 4.93. The summed E-state index contributed by atoms with van der Waals surface area (Å²) in [6.45, 7) is 3.70. The van der Waals surface area contributed by atoms with Crippen molar-refractivity contribution >= 4 is 11.9 Å². The van der Waals surface area contributed by atoms with Crippen LogP contribution in [0.5, 0.6) is 0 Å². The Hall–Kier alpha value is -1.41. The summed E-state index contributed by atoms with van der Waals surface area (Å²) in [6.07, 6.45) is 4.59. The summed E-state index contributed by atoms with van der Waals surface area (Å²) in [5.41, 5.74) is 1.75. The summed E-state index contributed by atoms with van der Waals surface area (Å²) in [5.74, 6) is 0.188. The second kappa shape index (κ2) is 6.23. The molecule has 0 radical (unpaired) electrons. The van der Waals surface area contributed by atoms with Gasteiger partial charge in [0.15, 0.2) is 5.78 Å². The van der Waals surface area contributed by atoms with Crippen molar-refractivity contribution in [3.05, 3.63) is 41.5 Å². The van der Waals surface area contributed by atoms with Gasteiger partial charge in [0.05, 0.1) is 6.10 Å². The van der Waals surface area contributed by atoms with E-state index in [2.05, 4.69) is 0 Å². The maximum atomic E-state index is 11.6. The summed E-state index contributed by atoms with van der Waals surface area (Å²) in [7, 11) is 0. The first-order valence-electron chi connectivity index (χ1n) is 5.63. The fourth-order valence-corrected chi connectivity index (χ4v) is 1.40. The monoisotopic (exact) mass is 218 g/mol. The Morgan fingerprint density at radius 3 is 2.50 bits per heavy atom. The summed E-state index contributed by atoms with van der Waals surface area (Å²) >= 11 is 0. The van der Waals surface area contributed by atoms with E-state index >= 15 is 0 Å². The van der Waals surface area contributed by atoms with Gasteiger partial charge in [-0.2, -0.15) is 0 Å². The number of hydrogen-bond donors (Lipinski definition) is 1. The first-order chi connectivity index (χ1) is 7.63. The SMILES string of the molecule is CCCC(=O)c1ccc(/C=C/C(C)O)cc1. The maximum Gasteiger partial charge on any atom is 0.162 e. The smallest absolute Gasteiger partial charge is 0.162 e. The fraction of sp³-hybridized carbons (Fsp3) is 0.357. The normalized spacial score (nSPS) is 12.9. The molecule has 0 aliphatic carbocycles. The average molecular weight is 218 g/mol. The van der Waals surface area contributed by atoms with Crippen LogP contribution in [-0.4, -0.2) is 17.0 Å². The van der Waals surface area contributed by atoms with E-state index in [0.717, 1.165) is 17.5 Å². The van der Waals surface area contributed by atoms with Crippen LogP contribution in [0.4, 0.5) is 0 Å². The van der Waals surface area contributed by atoms with Crippen molar-refractivity contribution in [1.29, 1.82) is 0 Å². The van der Waals surface area contributed by atoms with E-state index in [0.29, 0.717) is 6.42 Å². The van der Waals surface area contributed by atoms with Crippen molar-refractivity contribution < 1.29 is 9.90 Å². The van der Waals surface area contributed by atoms with Crippen LogP contribution in [0.3, 0.4) is 0 Å². The van der Waals surface area contributed by atoms with Crippen molar-refractivity contribution in [3.63, 3.8) is 0 Å². The van der Waals surface area contributed by atoms with Crippen molar-refractivity contribution in [1.82, 2.24) is 0 Å². The zero-order valence-corrected chi connectivity index (χ0v) is 9.81. The van der Waals surface area contributed by atoms with Crippen molar-refractivity contribution in [2.75, 3.05) is 0 Å². The second-order valence-electron chi connectivity index (χ2n) is 3.89. The minimum absolute atomic E-state index is 0.188. The molecule has 0 aromatic heterocycles. The number of hydrogen-bond acceptors (Lipinski definition) is 2. The molecule has 1 unspecified atom stereocenters. The third-order valence-electron chi connectivity index (χ3n) is 2.28. The van der Waals surface area contributed by atoms with E-state index in [9.17, 15) is 4.79 Å². The average Bonchev–Trinajstić information content (AvgIpc) is 2.27. The second-order valence-corrected chi connectivity index (χ2v) is 3.89. The van der Waals surface area contributed by atoms with Crippen molar-refractivity contribution in [2.45, 2.75) is 32.8 Å². The molecule has 2 heteroatoms. The lowest BCUT2D eigenvalue weighted by Gasteiger charge is -2.00. The van der Waals surface area contributed by atoms with Gasteiger partial charge >= 0.3 is 0 Å². The van der Waals surface area contributed by atoms with Crippen molar-refractivity contribution in [3.8, 4) is 0 Å². The molecule has 2 nitrogen and oxygen atoms in total. The van der Waals surface area contributed by atoms with Gasteiger partial charge in [-0.05, 0) is 18.9 Å². The van der Waals surface area contributed by atoms with E-state index in [1.165, 1.54) is 0 Å². The third kappa shape index (κ3) is 3.99. The number of carbonyl (C=O) groups is 1. The minimum Gasteiger partial charge on any atom is -0.389 e. The molecular formula is C14H18O2. The minimum atomic E-state index is -0.443. The van der Waals surface area contributed by atoms with Crippen LogP contribution in [0.25, 0.3) is 6.08 Å². The van der Waals surface area contributed by atoms with Gasteiger partial charge in [0.2, 0.25) is 0 Å². The molecule has 0 spiro atoms. The number of aliphatic hydroxyl groups is 1. The van der Waals surface area contributed by atoms with Crippen LogP contribution >= 0.6 is 0 Å². The molecule has 0 amide bonds. The molecule has 0 aliphatic rings. The van der Waals surface area contributed by atoms with E-state index in [1.807, 2.05) is 37.3 Å². The van der Waals surface area contributed by atoms with Crippen LogP contribution in [0.15, 0.2) is 30.3 Å². The lowest BCUT2D eigenvalue weighted by atomic mass is 10.0. The highest BCUT2D eigenvalue weighted by Gasteiger charge is 2.02. The summed E-state index contributed by atoms with van der Waals surface area (Å²) in [5, 5.41) is 9.09. The fourth-order valence-electron chi connectivity index (χ4n) is 1.40. The zero-order chi connectivity index (χ0) is 12.0. The molecule has 1 atom stereocenters. The van der Waals surface area contributed by atoms with Gasteiger partial charge in [0.1, 0.15) is 0 Å². The molecule has 16 heavy (non-hydrogen) atoms. The Labute approximate surface area is 96.6 Å². The van der Waals surface area contributed by atoms with Gasteiger partial charge in [-0.25, -0.2) is 0 Å². The zero-order valence-electron chi connectivity index (χ0n) is 9.81. The quantitative estimate of drug-likeness (QED) is 0.771. The molecule has 0 aliphatic heterocycles. The lowest BCUT2D eigenvalue weighted by molar-refractivity contribution is 0.0981. The number of rotatable bonds is 5. The Morgan fingerprint density at radius 2 is 2.00 bits per heavy atom. The molecule has 0 saturated carbocycles. The van der Waals surface area contributed by atoms with E-state index in [1.54, 1.807) is 13.0 Å². The largest absolute Gasteiger partial charge is 0.389 e. The van der Waals surface area contributed by atoms with Gasteiger partial charge in [-0.1, -0.05) is 43.3 Å². The molecule has 86 valence electrons. The standard InChI is InChI=1S/C14H18O2/c1-3-4-14(16)13-9-7-12(8-10-13)6-5-11(2)15/h5-11,15H,3-4H2,1-2H3/b6-5+.